The van der Waals surface area contributed by atoms with E-state index in [1.165, 1.54) is 19.3 Å². The maximum absolute atomic E-state index is 11.9. The van der Waals surface area contributed by atoms with E-state index in [4.69, 9.17) is 5.73 Å². The summed E-state index contributed by atoms with van der Waals surface area (Å²) >= 11 is 0. The van der Waals surface area contributed by atoms with Crippen LogP contribution in [0.3, 0.4) is 0 Å². The van der Waals surface area contributed by atoms with Gasteiger partial charge in [0.25, 0.3) is 5.91 Å². The van der Waals surface area contributed by atoms with Crippen LogP contribution in [0.1, 0.15) is 36.5 Å². The summed E-state index contributed by atoms with van der Waals surface area (Å²) in [6.07, 6.45) is 5.29. The number of hydrogen-bond donors (Lipinski definition) is 1. The highest BCUT2D eigenvalue weighted by atomic mass is 16.2. The van der Waals surface area contributed by atoms with Crippen molar-refractivity contribution in [3.05, 3.63) is 23.9 Å². The molecule has 0 aromatic carbocycles. The first-order chi connectivity index (χ1) is 10.1. The van der Waals surface area contributed by atoms with Gasteiger partial charge in [-0.25, -0.2) is 4.98 Å². The molecule has 5 nitrogen and oxygen atoms in total. The van der Waals surface area contributed by atoms with Crippen LogP contribution in [-0.2, 0) is 0 Å². The van der Waals surface area contributed by atoms with Gasteiger partial charge in [-0.05, 0) is 44.4 Å². The van der Waals surface area contributed by atoms with Gasteiger partial charge in [0.1, 0.15) is 5.82 Å². The number of pyridine rings is 1. The third-order valence-electron chi connectivity index (χ3n) is 4.36. The Kier molecular flexibility index (Phi) is 5.17. The third kappa shape index (κ3) is 3.35. The Morgan fingerprint density at radius 3 is 2.67 bits per heavy atom. The van der Waals surface area contributed by atoms with Crippen molar-refractivity contribution in [3.8, 4) is 0 Å². The number of rotatable bonds is 5. The summed E-state index contributed by atoms with van der Waals surface area (Å²) in [6.45, 7) is 3.79. The molecule has 2 unspecified atom stereocenters. The predicted molar refractivity (Wildman–Crippen MR) is 85.5 cm³/mol. The van der Waals surface area contributed by atoms with Crippen LogP contribution < -0.4 is 10.6 Å². The Balaban J connectivity index is 2.17. The molecule has 1 aliphatic rings. The molecule has 1 aliphatic carbocycles. The fourth-order valence-corrected chi connectivity index (χ4v) is 3.21. The highest BCUT2D eigenvalue weighted by Gasteiger charge is 2.31. The van der Waals surface area contributed by atoms with Crippen LogP contribution in [-0.4, -0.2) is 49.0 Å². The normalized spacial score (nSPS) is 21.3. The summed E-state index contributed by atoms with van der Waals surface area (Å²) in [5.41, 5.74) is 6.52. The van der Waals surface area contributed by atoms with Gasteiger partial charge in [-0.2, -0.15) is 0 Å². The summed E-state index contributed by atoms with van der Waals surface area (Å²) in [5.74, 6) is 1.48. The van der Waals surface area contributed by atoms with Gasteiger partial charge in [0.2, 0.25) is 0 Å². The van der Waals surface area contributed by atoms with E-state index in [1.54, 1.807) is 25.2 Å². The van der Waals surface area contributed by atoms with E-state index >= 15 is 0 Å². The molecule has 1 heterocycles. The Morgan fingerprint density at radius 1 is 1.38 bits per heavy atom. The lowest BCUT2D eigenvalue weighted by Gasteiger charge is -2.33. The summed E-state index contributed by atoms with van der Waals surface area (Å²) in [6, 6.07) is 4.29. The largest absolute Gasteiger partial charge is 0.354 e. The minimum absolute atomic E-state index is 0.0159. The lowest BCUT2D eigenvalue weighted by molar-refractivity contribution is 0.0827. The maximum atomic E-state index is 11.9. The van der Waals surface area contributed by atoms with Crippen LogP contribution in [0, 0.1) is 5.92 Å². The second-order valence-corrected chi connectivity index (χ2v) is 5.88. The first-order valence-electron chi connectivity index (χ1n) is 7.72. The minimum Gasteiger partial charge on any atom is -0.354 e. The number of carbonyl (C=O) groups excluding carboxylic acids is 1. The van der Waals surface area contributed by atoms with E-state index < -0.39 is 0 Å². The van der Waals surface area contributed by atoms with Gasteiger partial charge in [-0.3, -0.25) is 4.79 Å². The average molecular weight is 290 g/mol. The first-order valence-corrected chi connectivity index (χ1v) is 7.72. The molecule has 0 spiro atoms. The van der Waals surface area contributed by atoms with Crippen molar-refractivity contribution in [1.82, 2.24) is 9.88 Å². The van der Waals surface area contributed by atoms with Gasteiger partial charge in [0, 0.05) is 32.9 Å². The fraction of sp³-hybridized carbons (Fsp3) is 0.625. The Hall–Kier alpha value is -1.62. The van der Waals surface area contributed by atoms with E-state index in [-0.39, 0.29) is 5.91 Å². The van der Waals surface area contributed by atoms with Crippen molar-refractivity contribution in [1.29, 1.82) is 0 Å². The van der Waals surface area contributed by atoms with Crippen molar-refractivity contribution < 1.29 is 4.79 Å². The molecule has 0 bridgehead atoms. The summed E-state index contributed by atoms with van der Waals surface area (Å²) in [4.78, 5) is 20.3. The van der Waals surface area contributed by atoms with Crippen molar-refractivity contribution in [2.45, 2.75) is 32.2 Å². The molecule has 1 aromatic rings. The summed E-state index contributed by atoms with van der Waals surface area (Å²) in [7, 11) is 3.50. The molecule has 1 amide bonds. The summed E-state index contributed by atoms with van der Waals surface area (Å²) < 4.78 is 0. The zero-order chi connectivity index (χ0) is 15.4. The van der Waals surface area contributed by atoms with Gasteiger partial charge < -0.3 is 15.5 Å². The van der Waals surface area contributed by atoms with Gasteiger partial charge in [-0.1, -0.05) is 6.42 Å². The molecule has 2 atom stereocenters. The molecule has 21 heavy (non-hydrogen) atoms. The minimum atomic E-state index is -0.0159. The number of carbonyl (C=O) groups is 1. The van der Waals surface area contributed by atoms with Gasteiger partial charge in [-0.15, -0.1) is 0 Å². The number of nitrogens with two attached hydrogens (primary N) is 1. The maximum Gasteiger partial charge on any atom is 0.254 e. The molecular formula is C16H26N4O. The molecule has 0 saturated heterocycles. The topological polar surface area (TPSA) is 62.5 Å². The Morgan fingerprint density at radius 2 is 2.14 bits per heavy atom. The predicted octanol–water partition coefficient (Wildman–Crippen LogP) is 1.74. The van der Waals surface area contributed by atoms with Gasteiger partial charge >= 0.3 is 0 Å². The zero-order valence-electron chi connectivity index (χ0n) is 13.2. The molecule has 2 N–H and O–H groups in total. The highest BCUT2D eigenvalue weighted by molar-refractivity contribution is 5.93. The van der Waals surface area contributed by atoms with Crippen molar-refractivity contribution in [2.24, 2.45) is 11.7 Å². The van der Waals surface area contributed by atoms with E-state index in [0.29, 0.717) is 17.5 Å². The van der Waals surface area contributed by atoms with Crippen LogP contribution in [0.4, 0.5) is 5.82 Å². The van der Waals surface area contributed by atoms with Crippen molar-refractivity contribution >= 4 is 11.7 Å². The molecular weight excluding hydrogens is 264 g/mol. The van der Waals surface area contributed by atoms with Crippen LogP contribution in [0.5, 0.6) is 0 Å². The second-order valence-electron chi connectivity index (χ2n) is 5.88. The second kappa shape index (κ2) is 6.89. The molecule has 2 rings (SSSR count). The number of hydrogen-bond acceptors (Lipinski definition) is 4. The van der Waals surface area contributed by atoms with Crippen LogP contribution in [0.15, 0.2) is 18.3 Å². The molecule has 116 valence electrons. The van der Waals surface area contributed by atoms with E-state index in [0.717, 1.165) is 18.9 Å². The van der Waals surface area contributed by atoms with E-state index in [2.05, 4.69) is 16.8 Å². The smallest absolute Gasteiger partial charge is 0.254 e. The van der Waals surface area contributed by atoms with E-state index in [1.807, 2.05) is 12.1 Å². The first kappa shape index (κ1) is 15.8. The molecule has 0 radical (unpaired) electrons. The SMILES string of the molecule is CCN(c1ccc(C(=O)N(C)C)cn1)C1CCCC1CN. The molecule has 1 saturated carbocycles. The van der Waals surface area contributed by atoms with Crippen LogP contribution in [0.25, 0.3) is 0 Å². The van der Waals surface area contributed by atoms with Crippen LogP contribution >= 0.6 is 0 Å². The average Bonchev–Trinajstić information content (AvgIpc) is 2.96. The third-order valence-corrected chi connectivity index (χ3v) is 4.36. The van der Waals surface area contributed by atoms with Crippen LogP contribution in [0.2, 0.25) is 0 Å². The number of aromatic nitrogens is 1. The monoisotopic (exact) mass is 290 g/mol. The lowest BCUT2D eigenvalue weighted by Crippen LogP contribution is -2.40. The Bertz CT molecular complexity index is 472. The lowest BCUT2D eigenvalue weighted by atomic mass is 10.0. The molecule has 5 heteroatoms. The molecule has 0 aliphatic heterocycles. The van der Waals surface area contributed by atoms with Gasteiger partial charge in [0.15, 0.2) is 0 Å². The number of amides is 1. The number of anilines is 1. The highest BCUT2D eigenvalue weighted by Crippen LogP contribution is 2.31. The Labute approximate surface area is 127 Å². The molecule has 1 aromatic heterocycles. The quantitative estimate of drug-likeness (QED) is 0.897. The fourth-order valence-electron chi connectivity index (χ4n) is 3.21. The standard InChI is InChI=1S/C16H26N4O/c1-4-20(14-7-5-6-12(14)10-17)15-9-8-13(11-18-15)16(21)19(2)3/h8-9,11-12,14H,4-7,10,17H2,1-3H3. The van der Waals surface area contributed by atoms with Gasteiger partial charge in [0.05, 0.1) is 5.56 Å². The summed E-state index contributed by atoms with van der Waals surface area (Å²) in [5, 5.41) is 0. The van der Waals surface area contributed by atoms with E-state index in [9.17, 15) is 4.79 Å². The number of nitrogens with zero attached hydrogens (tertiary/aromatic N) is 3. The van der Waals surface area contributed by atoms with Crippen molar-refractivity contribution in [3.63, 3.8) is 0 Å². The van der Waals surface area contributed by atoms with Crippen molar-refractivity contribution in [2.75, 3.05) is 32.1 Å². The zero-order valence-corrected chi connectivity index (χ0v) is 13.2. The molecule has 1 fully saturated rings.